The van der Waals surface area contributed by atoms with Gasteiger partial charge in [-0.25, -0.2) is 0 Å². The van der Waals surface area contributed by atoms with Crippen LogP contribution in [0.3, 0.4) is 0 Å². The van der Waals surface area contributed by atoms with E-state index < -0.39 is 25.8 Å². The van der Waals surface area contributed by atoms with E-state index in [2.05, 4.69) is 60.9 Å². The van der Waals surface area contributed by atoms with Gasteiger partial charge in [-0.1, -0.05) is 0 Å². The fourth-order valence-corrected chi connectivity index (χ4v) is 2.64. The third kappa shape index (κ3) is 44.7. The normalized spacial score (nSPS) is 9.59. The average molecular weight is 632 g/mol. The minimum absolute atomic E-state index is 0.440. The molecule has 0 aliphatic carbocycles. The van der Waals surface area contributed by atoms with Crippen LogP contribution in [0.15, 0.2) is 30.3 Å². The Morgan fingerprint density at radius 2 is 0.938 bits per heavy atom. The average Bonchev–Trinajstić information content (AvgIpc) is 2.79. The van der Waals surface area contributed by atoms with Crippen molar-refractivity contribution in [3.8, 4) is 0 Å². The summed E-state index contributed by atoms with van der Waals surface area (Å²) in [5.41, 5.74) is 0. The molecule has 32 heavy (non-hydrogen) atoms. The molecule has 1 rings (SSSR count). The van der Waals surface area contributed by atoms with Gasteiger partial charge in [0, 0.05) is 13.2 Å². The summed E-state index contributed by atoms with van der Waals surface area (Å²) in [4.78, 5) is 27.7. The van der Waals surface area contributed by atoms with Gasteiger partial charge >= 0.3 is 44.9 Å². The van der Waals surface area contributed by atoms with E-state index in [0.29, 0.717) is 39.6 Å². The van der Waals surface area contributed by atoms with Crippen LogP contribution in [0.25, 0.3) is 0 Å². The van der Waals surface area contributed by atoms with Crippen molar-refractivity contribution in [1.82, 2.24) is 0 Å². The molecule has 0 saturated heterocycles. The Labute approximate surface area is 212 Å². The maximum atomic E-state index is 10.3. The molecule has 0 heterocycles. The maximum Gasteiger partial charge on any atom is -0.171 e. The standard InChI is InChI=1S/C6H5.2C4H11O3P.C4H10O3P.ClH.Pd/c1-2-4-6-5-3-1;3*1-3-6-8(5)7-4-2;;/h1-5H;2*5H,3-4H2,1-2H3;3-4H2,1-2H3;1H;/q-1;;;-1;;+2/p-1. The van der Waals surface area contributed by atoms with E-state index in [1.165, 1.54) is 0 Å². The Kier molecular flexibility index (Phi) is 49.5. The van der Waals surface area contributed by atoms with E-state index in [-0.39, 0.29) is 0 Å². The molecule has 0 unspecified atom stereocenters. The topological polar surface area (TPSA) is 119 Å². The van der Waals surface area contributed by atoms with Crippen LogP contribution < -0.4 is 4.89 Å². The van der Waals surface area contributed by atoms with Gasteiger partial charge in [0.05, 0.1) is 35.0 Å². The van der Waals surface area contributed by atoms with Crippen LogP contribution in [0.1, 0.15) is 41.5 Å². The molecule has 1 aromatic carbocycles. The molecule has 0 atom stereocenters. The molecule has 0 fully saturated rings. The largest absolute Gasteiger partial charge is 0.184 e. The van der Waals surface area contributed by atoms with Gasteiger partial charge in [-0.05, 0) is 41.5 Å². The number of rotatable bonds is 12. The second kappa shape index (κ2) is 39.3. The molecular formula is C18H37ClO9P3Pd-. The van der Waals surface area contributed by atoms with E-state index in [1.54, 1.807) is 13.8 Å². The molecule has 0 aliphatic rings. The molecule has 0 radical (unpaired) electrons. The van der Waals surface area contributed by atoms with E-state index in [1.807, 2.05) is 58.0 Å². The molecule has 1 aromatic rings. The SMILES string of the molecule is CCOP(O)OCC.CCOP(O)OCC.CCOP([O-])OCC.[Cl][Pd+].[c-]1ccccc1. The first kappa shape index (κ1) is 40.3. The van der Waals surface area contributed by atoms with Gasteiger partial charge in [0.1, 0.15) is 0 Å². The van der Waals surface area contributed by atoms with Crippen LogP contribution >= 0.6 is 35.3 Å². The van der Waals surface area contributed by atoms with Crippen LogP contribution in [-0.2, 0) is 45.3 Å². The van der Waals surface area contributed by atoms with Gasteiger partial charge in [0.15, 0.2) is 0 Å². The molecule has 0 bridgehead atoms. The van der Waals surface area contributed by atoms with Crippen molar-refractivity contribution in [3.63, 3.8) is 0 Å². The summed E-state index contributed by atoms with van der Waals surface area (Å²) >= 11 is 2.22. The van der Waals surface area contributed by atoms with Crippen LogP contribution in [0, 0.1) is 6.07 Å². The van der Waals surface area contributed by atoms with Gasteiger partial charge < -0.3 is 41.8 Å². The summed E-state index contributed by atoms with van der Waals surface area (Å²) in [7, 11) is -0.503. The van der Waals surface area contributed by atoms with Crippen molar-refractivity contribution < 1.29 is 60.0 Å². The molecule has 0 spiro atoms. The Bertz CT molecular complexity index is 329. The van der Waals surface area contributed by atoms with Crippen molar-refractivity contribution in [1.29, 1.82) is 0 Å². The minimum atomic E-state index is -1.83. The zero-order chi connectivity index (χ0) is 25.5. The summed E-state index contributed by atoms with van der Waals surface area (Å²) in [6.07, 6.45) is 0. The number of benzene rings is 1. The quantitative estimate of drug-likeness (QED) is 0.178. The van der Waals surface area contributed by atoms with Crippen LogP contribution in [0.2, 0.25) is 0 Å². The molecule has 0 aromatic heterocycles. The fourth-order valence-electron chi connectivity index (χ4n) is 1.11. The number of hydrogen-bond donors (Lipinski definition) is 2. The first-order chi connectivity index (χ1) is 15.4. The van der Waals surface area contributed by atoms with Gasteiger partial charge in [-0.3, -0.25) is 0 Å². The molecule has 196 valence electrons. The van der Waals surface area contributed by atoms with Crippen LogP contribution in [0.4, 0.5) is 0 Å². The second-order valence-electron chi connectivity index (χ2n) is 4.28. The summed E-state index contributed by atoms with van der Waals surface area (Å²) in [5.74, 6) is 0. The van der Waals surface area contributed by atoms with E-state index in [9.17, 15) is 4.89 Å². The van der Waals surface area contributed by atoms with Crippen LogP contribution in [0.5, 0.6) is 0 Å². The zero-order valence-corrected chi connectivity index (χ0v) is 24.4. The third-order valence-corrected chi connectivity index (χ3v) is 4.89. The summed E-state index contributed by atoms with van der Waals surface area (Å²) in [5, 5.41) is 0. The van der Waals surface area contributed by atoms with Crippen molar-refractivity contribution in [2.45, 2.75) is 41.5 Å². The Morgan fingerprint density at radius 1 is 0.656 bits per heavy atom. The van der Waals surface area contributed by atoms with Gasteiger partial charge in [0.25, 0.3) is 0 Å². The van der Waals surface area contributed by atoms with Gasteiger partial charge in [-0.15, -0.1) is 0 Å². The summed E-state index contributed by atoms with van der Waals surface area (Å²) in [6, 6.07) is 12.5. The first-order valence-corrected chi connectivity index (χ1v) is 15.0. The monoisotopic (exact) mass is 631 g/mol. The predicted molar refractivity (Wildman–Crippen MR) is 126 cm³/mol. The first-order valence-electron chi connectivity index (χ1n) is 9.68. The number of hydrogen-bond acceptors (Lipinski definition) is 9. The smallest absolute Gasteiger partial charge is 0.171 e. The van der Waals surface area contributed by atoms with Crippen molar-refractivity contribution >= 4 is 35.3 Å². The van der Waals surface area contributed by atoms with Gasteiger partial charge in [0.2, 0.25) is 0 Å². The molecule has 0 aliphatic heterocycles. The Balaban J connectivity index is -0.000000159. The second-order valence-corrected chi connectivity index (χ2v) is 7.23. The van der Waals surface area contributed by atoms with Crippen molar-refractivity contribution in [2.75, 3.05) is 39.6 Å². The third-order valence-electron chi connectivity index (χ3n) is 2.03. The maximum absolute atomic E-state index is 10.3. The molecule has 0 saturated carbocycles. The number of halogens is 1. The van der Waals surface area contributed by atoms with E-state index in [4.69, 9.17) is 9.79 Å². The molecule has 9 nitrogen and oxygen atoms in total. The Morgan fingerprint density at radius 3 is 1.09 bits per heavy atom. The van der Waals surface area contributed by atoms with E-state index in [0.717, 1.165) is 0 Å². The van der Waals surface area contributed by atoms with Gasteiger partial charge in [-0.2, -0.15) is 36.4 Å². The van der Waals surface area contributed by atoms with Crippen molar-refractivity contribution in [2.24, 2.45) is 0 Å². The summed E-state index contributed by atoms with van der Waals surface area (Å²) in [6.45, 7) is 13.7. The van der Waals surface area contributed by atoms with E-state index >= 15 is 0 Å². The fraction of sp³-hybridized carbons (Fsp3) is 0.667. The minimum Gasteiger partial charge on any atom is -0.184 e. The molecular weight excluding hydrogens is 595 g/mol. The molecule has 0 amide bonds. The Hall–Kier alpha value is 1.10. The summed E-state index contributed by atoms with van der Waals surface area (Å²) < 4.78 is 27.9. The molecule has 14 heteroatoms. The predicted octanol–water partition coefficient (Wildman–Crippen LogP) is 5.38. The van der Waals surface area contributed by atoms with Crippen LogP contribution in [-0.4, -0.2) is 49.4 Å². The zero-order valence-electron chi connectivity index (χ0n) is 19.4. The molecule has 2 N–H and O–H groups in total. The van der Waals surface area contributed by atoms with Crippen molar-refractivity contribution in [3.05, 3.63) is 36.4 Å².